The number of benzene rings is 2. The minimum Gasteiger partial charge on any atom is -0.277 e. The number of nitrogens with one attached hydrogen (secondary N) is 1. The lowest BCUT2D eigenvalue weighted by atomic mass is 10.3. The van der Waals surface area contributed by atoms with Crippen LogP contribution in [0.3, 0.4) is 0 Å². The molecule has 0 amide bonds. The van der Waals surface area contributed by atoms with Crippen LogP contribution in [0.15, 0.2) is 53.4 Å². The van der Waals surface area contributed by atoms with E-state index in [1.807, 2.05) is 22.6 Å². The number of halogens is 2. The minimum absolute atomic E-state index is 0.0562. The monoisotopic (exact) mass is 377 g/mol. The van der Waals surface area contributed by atoms with E-state index in [2.05, 4.69) is 4.72 Å². The van der Waals surface area contributed by atoms with Gasteiger partial charge in [-0.1, -0.05) is 18.2 Å². The summed E-state index contributed by atoms with van der Waals surface area (Å²) in [4.78, 5) is 0.1000. The van der Waals surface area contributed by atoms with Crippen molar-refractivity contribution in [3.05, 3.63) is 57.9 Å². The van der Waals surface area contributed by atoms with Crippen molar-refractivity contribution >= 4 is 38.3 Å². The van der Waals surface area contributed by atoms with E-state index in [1.165, 1.54) is 24.3 Å². The second-order valence-electron chi connectivity index (χ2n) is 3.54. The normalized spacial score (nSPS) is 11.2. The lowest BCUT2D eigenvalue weighted by molar-refractivity contribution is 0.598. The zero-order chi connectivity index (χ0) is 13.2. The first-order valence-corrected chi connectivity index (χ1v) is 7.58. The van der Waals surface area contributed by atoms with Gasteiger partial charge in [0.1, 0.15) is 5.82 Å². The molecule has 0 atom stereocenters. The molecule has 18 heavy (non-hydrogen) atoms. The van der Waals surface area contributed by atoms with Gasteiger partial charge in [0, 0.05) is 3.57 Å². The third-order valence-electron chi connectivity index (χ3n) is 2.23. The molecule has 0 aliphatic heterocycles. The van der Waals surface area contributed by atoms with E-state index >= 15 is 0 Å². The van der Waals surface area contributed by atoms with Crippen molar-refractivity contribution in [2.45, 2.75) is 4.90 Å². The Hall–Kier alpha value is -1.15. The largest absolute Gasteiger partial charge is 0.277 e. The van der Waals surface area contributed by atoms with Gasteiger partial charge in [0.25, 0.3) is 10.0 Å². The Balaban J connectivity index is 2.34. The van der Waals surface area contributed by atoms with Gasteiger partial charge in [-0.25, -0.2) is 12.8 Å². The van der Waals surface area contributed by atoms with E-state index < -0.39 is 15.8 Å². The Kier molecular flexibility index (Phi) is 3.86. The Labute approximate surface area is 118 Å². The summed E-state index contributed by atoms with van der Waals surface area (Å²) in [6, 6.07) is 12.1. The van der Waals surface area contributed by atoms with E-state index in [1.54, 1.807) is 24.3 Å². The number of rotatable bonds is 3. The predicted molar refractivity (Wildman–Crippen MR) is 76.4 cm³/mol. The number of hydrogen-bond acceptors (Lipinski definition) is 2. The molecule has 1 N–H and O–H groups in total. The van der Waals surface area contributed by atoms with Crippen molar-refractivity contribution in [1.82, 2.24) is 0 Å². The summed E-state index contributed by atoms with van der Waals surface area (Å²) >= 11 is 1.95. The van der Waals surface area contributed by atoms with Crippen LogP contribution in [0.5, 0.6) is 0 Å². The van der Waals surface area contributed by atoms with Crippen LogP contribution in [0.25, 0.3) is 0 Å². The molecule has 0 heterocycles. The molecular weight excluding hydrogens is 368 g/mol. The van der Waals surface area contributed by atoms with Gasteiger partial charge in [0.2, 0.25) is 0 Å². The summed E-state index contributed by atoms with van der Waals surface area (Å²) in [7, 11) is -3.74. The zero-order valence-electron chi connectivity index (χ0n) is 9.10. The predicted octanol–water partition coefficient (Wildman–Crippen LogP) is 3.23. The summed E-state index contributed by atoms with van der Waals surface area (Å²) < 4.78 is 40.4. The molecule has 6 heteroatoms. The van der Waals surface area contributed by atoms with Crippen LogP contribution in [0.2, 0.25) is 0 Å². The lowest BCUT2D eigenvalue weighted by Crippen LogP contribution is -2.13. The molecule has 0 spiro atoms. The molecule has 0 fully saturated rings. The Bertz CT molecular complexity index is 659. The van der Waals surface area contributed by atoms with Gasteiger partial charge in [-0.05, 0) is 52.9 Å². The van der Waals surface area contributed by atoms with Gasteiger partial charge in [-0.15, -0.1) is 0 Å². The first-order valence-electron chi connectivity index (χ1n) is 5.02. The highest BCUT2D eigenvalue weighted by Crippen LogP contribution is 2.20. The highest BCUT2D eigenvalue weighted by molar-refractivity contribution is 14.1. The van der Waals surface area contributed by atoms with Gasteiger partial charge in [0.15, 0.2) is 0 Å². The van der Waals surface area contributed by atoms with Crippen molar-refractivity contribution in [3.63, 3.8) is 0 Å². The third kappa shape index (κ3) is 2.99. The maximum atomic E-state index is 13.6. The van der Waals surface area contributed by atoms with E-state index in [0.29, 0.717) is 3.57 Å². The standard InChI is InChI=1S/C12H9FINO2S/c13-11-8-9(14)6-7-12(11)15-18(16,17)10-4-2-1-3-5-10/h1-8,15H. The fourth-order valence-electron chi connectivity index (χ4n) is 1.38. The first-order chi connectivity index (χ1) is 8.49. The molecule has 0 bridgehead atoms. The van der Waals surface area contributed by atoms with Crippen molar-refractivity contribution in [1.29, 1.82) is 0 Å². The Morgan fingerprint density at radius 2 is 1.72 bits per heavy atom. The molecule has 2 rings (SSSR count). The third-order valence-corrected chi connectivity index (χ3v) is 4.28. The summed E-state index contributed by atoms with van der Waals surface area (Å²) in [6.07, 6.45) is 0. The quantitative estimate of drug-likeness (QED) is 0.835. The van der Waals surface area contributed by atoms with Gasteiger partial charge in [-0.3, -0.25) is 4.72 Å². The van der Waals surface area contributed by atoms with Crippen LogP contribution in [0, 0.1) is 9.39 Å². The second kappa shape index (κ2) is 5.23. The molecule has 2 aromatic carbocycles. The number of anilines is 1. The Morgan fingerprint density at radius 1 is 1.06 bits per heavy atom. The van der Waals surface area contributed by atoms with Gasteiger partial charge in [-0.2, -0.15) is 0 Å². The molecule has 0 unspecified atom stereocenters. The highest BCUT2D eigenvalue weighted by Gasteiger charge is 2.15. The summed E-state index contributed by atoms with van der Waals surface area (Å²) in [5, 5.41) is 0. The molecule has 3 nitrogen and oxygen atoms in total. The van der Waals surface area contributed by atoms with Crippen molar-refractivity contribution in [2.24, 2.45) is 0 Å². The maximum Gasteiger partial charge on any atom is 0.261 e. The molecule has 0 aliphatic rings. The van der Waals surface area contributed by atoms with Gasteiger partial charge >= 0.3 is 0 Å². The molecule has 2 aromatic rings. The fraction of sp³-hybridized carbons (Fsp3) is 0. The van der Waals surface area contributed by atoms with Crippen molar-refractivity contribution in [3.8, 4) is 0 Å². The number of hydrogen-bond donors (Lipinski definition) is 1. The van der Waals surface area contributed by atoms with Crippen molar-refractivity contribution in [2.75, 3.05) is 4.72 Å². The van der Waals surface area contributed by atoms with Crippen LogP contribution in [-0.4, -0.2) is 8.42 Å². The average molecular weight is 377 g/mol. The van der Waals surface area contributed by atoms with E-state index in [9.17, 15) is 12.8 Å². The van der Waals surface area contributed by atoms with Crippen LogP contribution in [-0.2, 0) is 10.0 Å². The van der Waals surface area contributed by atoms with Crippen LogP contribution >= 0.6 is 22.6 Å². The van der Waals surface area contributed by atoms with E-state index in [-0.39, 0.29) is 10.6 Å². The van der Waals surface area contributed by atoms with Gasteiger partial charge < -0.3 is 0 Å². The number of sulfonamides is 1. The second-order valence-corrected chi connectivity index (χ2v) is 6.47. The van der Waals surface area contributed by atoms with Gasteiger partial charge in [0.05, 0.1) is 10.6 Å². The molecular formula is C12H9FINO2S. The maximum absolute atomic E-state index is 13.6. The smallest absolute Gasteiger partial charge is 0.261 e. The fourth-order valence-corrected chi connectivity index (χ4v) is 2.92. The molecule has 0 aliphatic carbocycles. The molecule has 0 saturated heterocycles. The summed E-state index contributed by atoms with van der Waals surface area (Å²) in [5.41, 5.74) is -0.0562. The highest BCUT2D eigenvalue weighted by atomic mass is 127. The molecule has 94 valence electrons. The molecule has 0 aromatic heterocycles. The van der Waals surface area contributed by atoms with Crippen LogP contribution in [0.4, 0.5) is 10.1 Å². The lowest BCUT2D eigenvalue weighted by Gasteiger charge is -2.08. The minimum atomic E-state index is -3.74. The van der Waals surface area contributed by atoms with E-state index in [0.717, 1.165) is 0 Å². The SMILES string of the molecule is O=S(=O)(Nc1ccc(I)cc1F)c1ccccc1. The van der Waals surface area contributed by atoms with Crippen LogP contribution < -0.4 is 4.72 Å². The summed E-state index contributed by atoms with van der Waals surface area (Å²) in [5.74, 6) is -0.596. The van der Waals surface area contributed by atoms with Crippen LogP contribution in [0.1, 0.15) is 0 Å². The topological polar surface area (TPSA) is 46.2 Å². The molecule has 0 radical (unpaired) electrons. The molecule has 0 saturated carbocycles. The first kappa shape index (κ1) is 13.3. The van der Waals surface area contributed by atoms with Crippen molar-refractivity contribution < 1.29 is 12.8 Å². The average Bonchev–Trinajstić information content (AvgIpc) is 2.34. The summed E-state index contributed by atoms with van der Waals surface area (Å²) in [6.45, 7) is 0. The zero-order valence-corrected chi connectivity index (χ0v) is 12.1. The van der Waals surface area contributed by atoms with E-state index in [4.69, 9.17) is 0 Å². The Morgan fingerprint density at radius 3 is 2.33 bits per heavy atom.